The number of amides is 1. The highest BCUT2D eigenvalue weighted by Gasteiger charge is 2.31. The second kappa shape index (κ2) is 5.07. The van der Waals surface area contributed by atoms with Crippen LogP contribution in [0.2, 0.25) is 0 Å². The number of aliphatic hydroxyl groups excluding tert-OH is 1. The van der Waals surface area contributed by atoms with Crippen LogP contribution in [-0.4, -0.2) is 28.9 Å². The van der Waals surface area contributed by atoms with Gasteiger partial charge < -0.3 is 10.4 Å². The van der Waals surface area contributed by atoms with Crippen molar-refractivity contribution in [1.82, 2.24) is 5.32 Å². The van der Waals surface area contributed by atoms with Gasteiger partial charge in [0.2, 0.25) is 0 Å². The second-order valence-corrected chi connectivity index (χ2v) is 6.10. The Morgan fingerprint density at radius 3 is 2.36 bits per heavy atom. The summed E-state index contributed by atoms with van der Waals surface area (Å²) in [5.74, 6) is -0.345. The van der Waals surface area contributed by atoms with Crippen LogP contribution in [0, 0.1) is 0 Å². The smallest absolute Gasteiger partial charge is 0.252 e. The van der Waals surface area contributed by atoms with E-state index in [1.54, 1.807) is 38.1 Å². The highest BCUT2D eigenvalue weighted by Crippen LogP contribution is 2.38. The first-order valence-electron chi connectivity index (χ1n) is 7.15. The number of carbonyl (C=O) groups is 2. The van der Waals surface area contributed by atoms with Gasteiger partial charge in [0.25, 0.3) is 5.91 Å². The number of rotatable bonds is 3. The quantitative estimate of drug-likeness (QED) is 0.779. The third-order valence-corrected chi connectivity index (χ3v) is 3.84. The van der Waals surface area contributed by atoms with Gasteiger partial charge in [0, 0.05) is 22.3 Å². The van der Waals surface area contributed by atoms with Crippen molar-refractivity contribution in [1.29, 1.82) is 0 Å². The summed E-state index contributed by atoms with van der Waals surface area (Å²) in [5, 5.41) is 12.1. The topological polar surface area (TPSA) is 66.4 Å². The van der Waals surface area contributed by atoms with Crippen molar-refractivity contribution >= 4 is 11.7 Å². The van der Waals surface area contributed by atoms with Gasteiger partial charge in [-0.3, -0.25) is 9.59 Å². The van der Waals surface area contributed by atoms with E-state index in [0.29, 0.717) is 22.3 Å². The third-order valence-electron chi connectivity index (χ3n) is 3.84. The van der Waals surface area contributed by atoms with Gasteiger partial charge >= 0.3 is 0 Å². The fourth-order valence-corrected chi connectivity index (χ4v) is 2.68. The molecule has 0 fully saturated rings. The lowest BCUT2D eigenvalue weighted by Crippen LogP contribution is -2.46. The SMILES string of the molecule is CC(C)(CO)NC(=O)c1cccc2c1-c1ccccc1C2=O. The fourth-order valence-electron chi connectivity index (χ4n) is 2.68. The summed E-state index contributed by atoms with van der Waals surface area (Å²) in [6.45, 7) is 3.32. The minimum atomic E-state index is -0.720. The Hall–Kier alpha value is -2.46. The van der Waals surface area contributed by atoms with Gasteiger partial charge in [0.05, 0.1) is 12.1 Å². The molecular weight excluding hydrogens is 278 g/mol. The van der Waals surface area contributed by atoms with Gasteiger partial charge in [-0.05, 0) is 25.5 Å². The summed E-state index contributed by atoms with van der Waals surface area (Å²) in [4.78, 5) is 25.0. The summed E-state index contributed by atoms with van der Waals surface area (Å²) in [7, 11) is 0. The number of fused-ring (bicyclic) bond motifs is 3. The number of hydrogen-bond donors (Lipinski definition) is 2. The van der Waals surface area contributed by atoms with Crippen molar-refractivity contribution in [3.8, 4) is 11.1 Å². The van der Waals surface area contributed by atoms with E-state index in [9.17, 15) is 14.7 Å². The monoisotopic (exact) mass is 295 g/mol. The van der Waals surface area contributed by atoms with Gasteiger partial charge in [0.15, 0.2) is 5.78 Å². The molecule has 0 saturated heterocycles. The van der Waals surface area contributed by atoms with E-state index in [1.165, 1.54) is 0 Å². The van der Waals surface area contributed by atoms with Crippen molar-refractivity contribution < 1.29 is 14.7 Å². The maximum absolute atomic E-state index is 12.6. The van der Waals surface area contributed by atoms with Crippen LogP contribution in [-0.2, 0) is 0 Å². The van der Waals surface area contributed by atoms with E-state index >= 15 is 0 Å². The molecule has 0 spiro atoms. The lowest BCUT2D eigenvalue weighted by Gasteiger charge is -2.24. The van der Waals surface area contributed by atoms with Crippen molar-refractivity contribution in [3.63, 3.8) is 0 Å². The van der Waals surface area contributed by atoms with Crippen LogP contribution in [0.15, 0.2) is 42.5 Å². The van der Waals surface area contributed by atoms with Gasteiger partial charge in [-0.15, -0.1) is 0 Å². The molecule has 2 N–H and O–H groups in total. The van der Waals surface area contributed by atoms with Crippen LogP contribution in [0.25, 0.3) is 11.1 Å². The maximum Gasteiger partial charge on any atom is 0.252 e. The zero-order valence-corrected chi connectivity index (χ0v) is 12.5. The molecule has 1 aliphatic carbocycles. The molecule has 4 heteroatoms. The third kappa shape index (κ3) is 2.22. The minimum absolute atomic E-state index is 0.0540. The van der Waals surface area contributed by atoms with Crippen molar-refractivity contribution in [2.75, 3.05) is 6.61 Å². The highest BCUT2D eigenvalue weighted by atomic mass is 16.3. The first-order valence-corrected chi connectivity index (χ1v) is 7.15. The Kier molecular flexibility index (Phi) is 3.34. The van der Waals surface area contributed by atoms with E-state index in [0.717, 1.165) is 5.56 Å². The zero-order chi connectivity index (χ0) is 15.9. The summed E-state index contributed by atoms with van der Waals surface area (Å²) in [6.07, 6.45) is 0. The summed E-state index contributed by atoms with van der Waals surface area (Å²) < 4.78 is 0. The summed E-state index contributed by atoms with van der Waals surface area (Å²) in [6, 6.07) is 12.5. The molecule has 3 rings (SSSR count). The molecule has 2 aromatic rings. The molecule has 0 radical (unpaired) electrons. The van der Waals surface area contributed by atoms with Crippen LogP contribution in [0.4, 0.5) is 0 Å². The second-order valence-electron chi connectivity index (χ2n) is 6.10. The van der Waals surface area contributed by atoms with E-state index < -0.39 is 5.54 Å². The van der Waals surface area contributed by atoms with Crippen LogP contribution in [0.3, 0.4) is 0 Å². The molecule has 0 aliphatic heterocycles. The lowest BCUT2D eigenvalue weighted by molar-refractivity contribution is 0.0870. The molecule has 0 heterocycles. The molecule has 112 valence electrons. The normalized spacial score (nSPS) is 12.8. The Bertz CT molecular complexity index is 778. The Labute approximate surface area is 128 Å². The minimum Gasteiger partial charge on any atom is -0.394 e. The van der Waals surface area contributed by atoms with Crippen LogP contribution in [0.1, 0.15) is 40.1 Å². The Morgan fingerprint density at radius 2 is 1.68 bits per heavy atom. The van der Waals surface area contributed by atoms with Gasteiger partial charge in [-0.2, -0.15) is 0 Å². The van der Waals surface area contributed by atoms with Crippen molar-refractivity contribution in [2.24, 2.45) is 0 Å². The average Bonchev–Trinajstić information content (AvgIpc) is 2.81. The number of aliphatic hydroxyl groups is 1. The number of nitrogens with one attached hydrogen (secondary N) is 1. The molecular formula is C18H17NO3. The van der Waals surface area contributed by atoms with Crippen molar-refractivity contribution in [2.45, 2.75) is 19.4 Å². The molecule has 0 saturated carbocycles. The van der Waals surface area contributed by atoms with Crippen LogP contribution in [0.5, 0.6) is 0 Å². The highest BCUT2D eigenvalue weighted by molar-refractivity contribution is 6.24. The number of benzene rings is 2. The molecule has 1 amide bonds. The summed E-state index contributed by atoms with van der Waals surface area (Å²) >= 11 is 0. The number of hydrogen-bond acceptors (Lipinski definition) is 3. The largest absolute Gasteiger partial charge is 0.394 e. The number of carbonyl (C=O) groups excluding carboxylic acids is 2. The first-order chi connectivity index (χ1) is 10.4. The first kappa shape index (κ1) is 14.5. The standard InChI is InChI=1S/C18H17NO3/c1-18(2,10-20)19-17(22)14-9-5-8-13-15(14)11-6-3-4-7-12(11)16(13)21/h3-9,20H,10H2,1-2H3,(H,19,22). The number of ketones is 1. The fraction of sp³-hybridized carbons (Fsp3) is 0.222. The molecule has 1 aliphatic rings. The van der Waals surface area contributed by atoms with Gasteiger partial charge in [-0.25, -0.2) is 0 Å². The molecule has 0 bridgehead atoms. The Morgan fingerprint density at radius 1 is 1.05 bits per heavy atom. The molecule has 4 nitrogen and oxygen atoms in total. The molecule has 22 heavy (non-hydrogen) atoms. The predicted molar refractivity (Wildman–Crippen MR) is 83.9 cm³/mol. The average molecular weight is 295 g/mol. The van der Waals surface area contributed by atoms with Gasteiger partial charge in [0.1, 0.15) is 0 Å². The summed E-state index contributed by atoms with van der Waals surface area (Å²) in [5.41, 5.74) is 2.37. The van der Waals surface area contributed by atoms with Gasteiger partial charge in [-0.1, -0.05) is 36.4 Å². The van der Waals surface area contributed by atoms with E-state index in [-0.39, 0.29) is 18.3 Å². The van der Waals surface area contributed by atoms with Crippen molar-refractivity contribution in [3.05, 3.63) is 59.2 Å². The van der Waals surface area contributed by atoms with E-state index in [1.807, 2.05) is 18.2 Å². The van der Waals surface area contributed by atoms with E-state index in [4.69, 9.17) is 0 Å². The Balaban J connectivity index is 2.12. The molecule has 0 unspecified atom stereocenters. The van der Waals surface area contributed by atoms with E-state index in [2.05, 4.69) is 5.32 Å². The predicted octanol–water partition coefficient (Wildman–Crippen LogP) is 2.40. The maximum atomic E-state index is 12.6. The molecule has 0 atom stereocenters. The molecule has 0 aromatic heterocycles. The molecule has 2 aromatic carbocycles. The van der Waals surface area contributed by atoms with Crippen LogP contribution < -0.4 is 5.32 Å². The zero-order valence-electron chi connectivity index (χ0n) is 12.5. The lowest BCUT2D eigenvalue weighted by atomic mass is 9.97. The van der Waals surface area contributed by atoms with Crippen LogP contribution >= 0.6 is 0 Å².